The van der Waals surface area contributed by atoms with E-state index < -0.39 is 0 Å². The van der Waals surface area contributed by atoms with E-state index in [0.717, 1.165) is 42.8 Å². The number of H-pyrrole nitrogens is 1. The Labute approximate surface area is 124 Å². The van der Waals surface area contributed by atoms with Crippen LogP contribution in [0.25, 0.3) is 11.3 Å². The number of aromatic nitrogens is 2. The SMILES string of the molecule is O=C(Nc1cccc(-c2ccn[nH]2)c1)C1CCCCCN1. The summed E-state index contributed by atoms with van der Waals surface area (Å²) in [5.74, 6) is 0.0543. The highest BCUT2D eigenvalue weighted by atomic mass is 16.2. The van der Waals surface area contributed by atoms with Gasteiger partial charge in [-0.15, -0.1) is 0 Å². The van der Waals surface area contributed by atoms with Gasteiger partial charge in [0.05, 0.1) is 11.7 Å². The highest BCUT2D eigenvalue weighted by molar-refractivity contribution is 5.95. The van der Waals surface area contributed by atoms with E-state index in [-0.39, 0.29) is 11.9 Å². The molecule has 1 unspecified atom stereocenters. The van der Waals surface area contributed by atoms with Crippen molar-refractivity contribution in [2.24, 2.45) is 0 Å². The Hall–Kier alpha value is -2.14. The largest absolute Gasteiger partial charge is 0.325 e. The van der Waals surface area contributed by atoms with Crippen LogP contribution in [0.1, 0.15) is 25.7 Å². The van der Waals surface area contributed by atoms with Crippen molar-refractivity contribution in [2.45, 2.75) is 31.7 Å². The first-order valence-corrected chi connectivity index (χ1v) is 7.47. The summed E-state index contributed by atoms with van der Waals surface area (Å²) in [6.07, 6.45) is 6.09. The number of anilines is 1. The van der Waals surface area contributed by atoms with Crippen molar-refractivity contribution >= 4 is 11.6 Å². The van der Waals surface area contributed by atoms with Crippen molar-refractivity contribution in [1.82, 2.24) is 15.5 Å². The molecule has 3 N–H and O–H groups in total. The van der Waals surface area contributed by atoms with Crippen LogP contribution in [-0.2, 0) is 4.79 Å². The number of hydrogen-bond donors (Lipinski definition) is 3. The summed E-state index contributed by atoms with van der Waals surface area (Å²) in [5, 5.41) is 13.2. The van der Waals surface area contributed by atoms with Gasteiger partial charge in [0.2, 0.25) is 5.91 Å². The van der Waals surface area contributed by atoms with Gasteiger partial charge >= 0.3 is 0 Å². The number of rotatable bonds is 3. The van der Waals surface area contributed by atoms with Gasteiger partial charge in [0, 0.05) is 17.4 Å². The lowest BCUT2D eigenvalue weighted by Crippen LogP contribution is -2.39. The number of amides is 1. The molecule has 1 saturated heterocycles. The molecule has 1 atom stereocenters. The van der Waals surface area contributed by atoms with Gasteiger partial charge in [0.15, 0.2) is 0 Å². The summed E-state index contributed by atoms with van der Waals surface area (Å²) in [6.45, 7) is 0.923. The van der Waals surface area contributed by atoms with Crippen LogP contribution in [-0.4, -0.2) is 28.7 Å². The molecule has 1 aliphatic rings. The molecule has 0 radical (unpaired) electrons. The number of carbonyl (C=O) groups is 1. The van der Waals surface area contributed by atoms with Crippen LogP contribution in [0, 0.1) is 0 Å². The minimum atomic E-state index is -0.0803. The lowest BCUT2D eigenvalue weighted by molar-refractivity contribution is -0.118. The second-order valence-electron chi connectivity index (χ2n) is 5.40. The molecule has 1 fully saturated rings. The zero-order valence-corrected chi connectivity index (χ0v) is 11.9. The Morgan fingerprint density at radius 2 is 2.19 bits per heavy atom. The molecule has 2 heterocycles. The zero-order chi connectivity index (χ0) is 14.5. The topological polar surface area (TPSA) is 69.8 Å². The summed E-state index contributed by atoms with van der Waals surface area (Å²) in [6, 6.07) is 9.63. The number of hydrogen-bond acceptors (Lipinski definition) is 3. The van der Waals surface area contributed by atoms with Crippen LogP contribution < -0.4 is 10.6 Å². The van der Waals surface area contributed by atoms with Gasteiger partial charge in [-0.3, -0.25) is 9.89 Å². The standard InChI is InChI=1S/C16H20N4O/c21-16(15-7-2-1-3-9-17-15)19-13-6-4-5-12(11-13)14-8-10-18-20-14/h4-6,8,10-11,15,17H,1-3,7,9H2,(H,18,20)(H,19,21). The van der Waals surface area contributed by atoms with E-state index >= 15 is 0 Å². The van der Waals surface area contributed by atoms with Crippen LogP contribution in [0.15, 0.2) is 36.5 Å². The summed E-state index contributed by atoms with van der Waals surface area (Å²) in [4.78, 5) is 12.3. The number of benzene rings is 1. The molecule has 2 aromatic rings. The van der Waals surface area contributed by atoms with E-state index in [1.165, 1.54) is 6.42 Å². The van der Waals surface area contributed by atoms with Gasteiger partial charge < -0.3 is 10.6 Å². The van der Waals surface area contributed by atoms with Crippen molar-refractivity contribution in [3.05, 3.63) is 36.5 Å². The minimum absolute atomic E-state index is 0.0543. The molecule has 110 valence electrons. The molecule has 0 saturated carbocycles. The van der Waals surface area contributed by atoms with Gasteiger partial charge in [0.25, 0.3) is 0 Å². The number of nitrogens with zero attached hydrogens (tertiary/aromatic N) is 1. The summed E-state index contributed by atoms with van der Waals surface area (Å²) >= 11 is 0. The van der Waals surface area contributed by atoms with Crippen LogP contribution >= 0.6 is 0 Å². The molecule has 3 rings (SSSR count). The lowest BCUT2D eigenvalue weighted by atomic mass is 10.1. The predicted molar refractivity (Wildman–Crippen MR) is 82.9 cm³/mol. The second-order valence-corrected chi connectivity index (χ2v) is 5.40. The van der Waals surface area contributed by atoms with Crippen molar-refractivity contribution in [3.63, 3.8) is 0 Å². The Morgan fingerprint density at radius 1 is 1.24 bits per heavy atom. The van der Waals surface area contributed by atoms with Crippen molar-refractivity contribution in [2.75, 3.05) is 11.9 Å². The molecule has 1 aromatic carbocycles. The molecule has 1 amide bonds. The average molecular weight is 284 g/mol. The van der Waals surface area contributed by atoms with Crippen LogP contribution in [0.2, 0.25) is 0 Å². The number of nitrogens with one attached hydrogen (secondary N) is 3. The molecule has 5 heteroatoms. The van der Waals surface area contributed by atoms with E-state index in [0.29, 0.717) is 0 Å². The van der Waals surface area contributed by atoms with Crippen LogP contribution in [0.4, 0.5) is 5.69 Å². The van der Waals surface area contributed by atoms with E-state index in [1.807, 2.05) is 30.3 Å². The third-order valence-electron chi connectivity index (χ3n) is 3.82. The van der Waals surface area contributed by atoms with Gasteiger partial charge in [-0.1, -0.05) is 25.0 Å². The Morgan fingerprint density at radius 3 is 3.05 bits per heavy atom. The molecule has 5 nitrogen and oxygen atoms in total. The normalized spacial score (nSPS) is 19.0. The van der Waals surface area contributed by atoms with E-state index in [9.17, 15) is 4.79 Å². The predicted octanol–water partition coefficient (Wildman–Crippen LogP) is 2.55. The van der Waals surface area contributed by atoms with E-state index in [1.54, 1.807) is 6.20 Å². The van der Waals surface area contributed by atoms with Crippen molar-refractivity contribution in [3.8, 4) is 11.3 Å². The summed E-state index contributed by atoms with van der Waals surface area (Å²) in [7, 11) is 0. The highest BCUT2D eigenvalue weighted by Gasteiger charge is 2.19. The average Bonchev–Trinajstić information content (AvgIpc) is 2.90. The van der Waals surface area contributed by atoms with Gasteiger partial charge in [-0.05, 0) is 37.6 Å². The smallest absolute Gasteiger partial charge is 0.241 e. The molecule has 1 aliphatic heterocycles. The second kappa shape index (κ2) is 6.54. The highest BCUT2D eigenvalue weighted by Crippen LogP contribution is 2.20. The maximum Gasteiger partial charge on any atom is 0.241 e. The molecular weight excluding hydrogens is 264 g/mol. The molecule has 21 heavy (non-hydrogen) atoms. The first-order valence-electron chi connectivity index (χ1n) is 7.47. The maximum absolute atomic E-state index is 12.3. The molecule has 0 bridgehead atoms. The van der Waals surface area contributed by atoms with Crippen LogP contribution in [0.3, 0.4) is 0 Å². The fourth-order valence-electron chi connectivity index (χ4n) is 2.66. The molecular formula is C16H20N4O. The van der Waals surface area contributed by atoms with E-state index in [2.05, 4.69) is 20.8 Å². The minimum Gasteiger partial charge on any atom is -0.325 e. The molecule has 1 aromatic heterocycles. The fraction of sp³-hybridized carbons (Fsp3) is 0.375. The van der Waals surface area contributed by atoms with Crippen molar-refractivity contribution in [1.29, 1.82) is 0 Å². The van der Waals surface area contributed by atoms with Gasteiger partial charge in [0.1, 0.15) is 0 Å². The van der Waals surface area contributed by atoms with E-state index in [4.69, 9.17) is 0 Å². The third-order valence-corrected chi connectivity index (χ3v) is 3.82. The Kier molecular flexibility index (Phi) is 4.31. The zero-order valence-electron chi connectivity index (χ0n) is 11.9. The first-order chi connectivity index (χ1) is 10.3. The molecule has 0 spiro atoms. The number of carbonyl (C=O) groups excluding carboxylic acids is 1. The van der Waals surface area contributed by atoms with Gasteiger partial charge in [-0.2, -0.15) is 5.10 Å². The quantitative estimate of drug-likeness (QED) is 0.811. The summed E-state index contributed by atoms with van der Waals surface area (Å²) < 4.78 is 0. The maximum atomic E-state index is 12.3. The fourth-order valence-corrected chi connectivity index (χ4v) is 2.66. The Balaban J connectivity index is 1.69. The lowest BCUT2D eigenvalue weighted by Gasteiger charge is -2.15. The molecule has 0 aliphatic carbocycles. The van der Waals surface area contributed by atoms with Crippen molar-refractivity contribution < 1.29 is 4.79 Å². The number of aromatic amines is 1. The first kappa shape index (κ1) is 13.8. The third kappa shape index (κ3) is 3.49. The van der Waals surface area contributed by atoms with Gasteiger partial charge in [-0.25, -0.2) is 0 Å². The van der Waals surface area contributed by atoms with Crippen LogP contribution in [0.5, 0.6) is 0 Å². The Bertz CT molecular complexity index is 586. The summed E-state index contributed by atoms with van der Waals surface area (Å²) in [5.41, 5.74) is 2.77. The monoisotopic (exact) mass is 284 g/mol.